The third-order valence-corrected chi connectivity index (χ3v) is 6.42. The molecule has 0 unspecified atom stereocenters. The first kappa shape index (κ1) is 26.2. The van der Waals surface area contributed by atoms with Crippen LogP contribution in [0.25, 0.3) is 21.8 Å². The second kappa shape index (κ2) is 11.5. The standard InChI is InChI=1S/C25H25N5O6S/c31-21(32)12-29-6-5-16(25(35)36)9-17-3-4-19-20(26-14-37)10-15-1-2-18(28-23(15)24(19)27-17)11-30(8-7-29)13-22(33)34/h1-4,10,16H,5-9,11-13H2,(H,31,32)(H,33,34)(H,35,36)/t16-/m0/s1. The average molecular weight is 524 g/mol. The Bertz CT molecular complexity index is 1420. The van der Waals surface area contributed by atoms with E-state index in [1.807, 2.05) is 12.1 Å². The Balaban J connectivity index is 1.86. The smallest absolute Gasteiger partial charge is 0.317 e. The molecular weight excluding hydrogens is 498 g/mol. The Kier molecular flexibility index (Phi) is 8.14. The number of rotatable bonds is 6. The van der Waals surface area contributed by atoms with Gasteiger partial charge in [0.15, 0.2) is 0 Å². The van der Waals surface area contributed by atoms with Crippen molar-refractivity contribution in [3.05, 3.63) is 41.7 Å². The molecule has 0 saturated heterocycles. The molecule has 0 spiro atoms. The highest BCUT2D eigenvalue weighted by Gasteiger charge is 2.23. The average Bonchev–Trinajstić information content (AvgIpc) is 2.84. The molecule has 4 bridgehead atoms. The van der Waals surface area contributed by atoms with Crippen molar-refractivity contribution in [3.63, 3.8) is 0 Å². The minimum atomic E-state index is -1.04. The van der Waals surface area contributed by atoms with Crippen LogP contribution in [0.2, 0.25) is 0 Å². The summed E-state index contributed by atoms with van der Waals surface area (Å²) >= 11 is 4.81. The van der Waals surface area contributed by atoms with Crippen molar-refractivity contribution in [3.8, 4) is 0 Å². The van der Waals surface area contributed by atoms with Crippen LogP contribution < -0.4 is 0 Å². The van der Waals surface area contributed by atoms with Gasteiger partial charge >= 0.3 is 17.9 Å². The van der Waals surface area contributed by atoms with Crippen LogP contribution >= 0.6 is 12.2 Å². The number of carboxylic acid groups (broad SMARTS) is 3. The second-order valence-electron chi connectivity index (χ2n) is 8.97. The molecule has 0 aliphatic carbocycles. The fourth-order valence-electron chi connectivity index (χ4n) is 4.55. The first-order chi connectivity index (χ1) is 17.7. The molecule has 3 N–H and O–H groups in total. The minimum Gasteiger partial charge on any atom is -0.481 e. The largest absolute Gasteiger partial charge is 0.481 e. The molecule has 3 heterocycles. The van der Waals surface area contributed by atoms with E-state index in [9.17, 15) is 29.7 Å². The van der Waals surface area contributed by atoms with Crippen LogP contribution in [0, 0.1) is 5.92 Å². The molecule has 0 fully saturated rings. The quantitative estimate of drug-likeness (QED) is 0.248. The molecule has 1 aliphatic rings. The van der Waals surface area contributed by atoms with Crippen LogP contribution in [-0.2, 0) is 27.3 Å². The molecule has 1 aliphatic heterocycles. The number of fused-ring (bicyclic) bond motifs is 2. The summed E-state index contributed by atoms with van der Waals surface area (Å²) in [5, 5.41) is 32.5. The van der Waals surface area contributed by atoms with E-state index in [1.165, 1.54) is 0 Å². The summed E-state index contributed by atoms with van der Waals surface area (Å²) in [6.45, 7) is 0.430. The monoisotopic (exact) mass is 523 g/mol. The number of benzene rings is 1. The van der Waals surface area contributed by atoms with Crippen molar-refractivity contribution in [2.75, 3.05) is 32.7 Å². The van der Waals surface area contributed by atoms with Gasteiger partial charge in [0.2, 0.25) is 0 Å². The number of nitrogens with zero attached hydrogens (tertiary/aromatic N) is 5. The third-order valence-electron chi connectivity index (χ3n) is 6.33. The van der Waals surface area contributed by atoms with Gasteiger partial charge in [-0.05, 0) is 49.4 Å². The highest BCUT2D eigenvalue weighted by atomic mass is 32.1. The van der Waals surface area contributed by atoms with Gasteiger partial charge in [0.1, 0.15) is 0 Å². The predicted octanol–water partition coefficient (Wildman–Crippen LogP) is 2.44. The summed E-state index contributed by atoms with van der Waals surface area (Å²) in [6, 6.07) is 9.02. The third kappa shape index (κ3) is 6.49. The van der Waals surface area contributed by atoms with Crippen molar-refractivity contribution in [1.82, 2.24) is 19.8 Å². The molecule has 1 aromatic carbocycles. The highest BCUT2D eigenvalue weighted by Crippen LogP contribution is 2.32. The number of pyridine rings is 2. The maximum Gasteiger partial charge on any atom is 0.317 e. The fourth-order valence-corrected chi connectivity index (χ4v) is 4.65. The molecule has 12 heteroatoms. The zero-order valence-electron chi connectivity index (χ0n) is 19.8. The maximum absolute atomic E-state index is 12.1. The van der Waals surface area contributed by atoms with E-state index in [0.717, 1.165) is 5.39 Å². The topological polar surface area (TPSA) is 157 Å². The van der Waals surface area contributed by atoms with Crippen molar-refractivity contribution in [2.24, 2.45) is 10.9 Å². The molecule has 0 amide bonds. The van der Waals surface area contributed by atoms with Gasteiger partial charge in [-0.15, -0.1) is 0 Å². The van der Waals surface area contributed by atoms with E-state index in [2.05, 4.69) is 10.2 Å². The SMILES string of the molecule is O=C(O)CN1CC[C@H](C(=O)O)Cc2ccc3c(N=C=S)cc4ccc(nc4c3n2)CN(CC(=O)O)CC1. The number of isothiocyanates is 1. The number of aromatic nitrogens is 2. The number of hydrogen-bond acceptors (Lipinski definition) is 9. The van der Waals surface area contributed by atoms with Crippen LogP contribution in [0.4, 0.5) is 5.69 Å². The van der Waals surface area contributed by atoms with Crippen LogP contribution in [0.15, 0.2) is 35.3 Å². The van der Waals surface area contributed by atoms with Gasteiger partial charge in [-0.3, -0.25) is 29.2 Å². The van der Waals surface area contributed by atoms with E-state index >= 15 is 0 Å². The summed E-state index contributed by atoms with van der Waals surface area (Å²) in [6.07, 6.45) is 0.358. The van der Waals surface area contributed by atoms with E-state index in [0.29, 0.717) is 33.5 Å². The molecule has 4 rings (SSSR count). The Morgan fingerprint density at radius 3 is 2.32 bits per heavy atom. The number of hydrogen-bond donors (Lipinski definition) is 3. The Labute approximate surface area is 217 Å². The van der Waals surface area contributed by atoms with Crippen LogP contribution in [0.5, 0.6) is 0 Å². The predicted molar refractivity (Wildman–Crippen MR) is 138 cm³/mol. The number of carboxylic acids is 3. The molecule has 2 aromatic heterocycles. The van der Waals surface area contributed by atoms with Gasteiger partial charge in [-0.1, -0.05) is 6.07 Å². The lowest BCUT2D eigenvalue weighted by Crippen LogP contribution is -2.40. The van der Waals surface area contributed by atoms with Crippen LogP contribution in [0.3, 0.4) is 0 Å². The van der Waals surface area contributed by atoms with Gasteiger partial charge < -0.3 is 15.3 Å². The van der Waals surface area contributed by atoms with E-state index in [1.54, 1.807) is 28.0 Å². The summed E-state index contributed by atoms with van der Waals surface area (Å²) in [5.74, 6) is -3.86. The lowest BCUT2D eigenvalue weighted by Gasteiger charge is -2.26. The molecule has 0 radical (unpaired) electrons. The van der Waals surface area contributed by atoms with Crippen molar-refractivity contribution >= 4 is 62.8 Å². The summed E-state index contributed by atoms with van der Waals surface area (Å²) < 4.78 is 0. The van der Waals surface area contributed by atoms with E-state index < -0.39 is 23.8 Å². The zero-order valence-corrected chi connectivity index (χ0v) is 20.6. The summed E-state index contributed by atoms with van der Waals surface area (Å²) in [4.78, 5) is 52.1. The first-order valence-electron chi connectivity index (χ1n) is 11.6. The van der Waals surface area contributed by atoms with Gasteiger partial charge in [-0.25, -0.2) is 4.98 Å². The van der Waals surface area contributed by atoms with Crippen LogP contribution in [-0.4, -0.2) is 90.9 Å². The fraction of sp³-hybridized carbons (Fsp3) is 0.360. The summed E-state index contributed by atoms with van der Waals surface area (Å²) in [5.41, 5.74) is 2.87. The van der Waals surface area contributed by atoms with E-state index in [-0.39, 0.29) is 52.1 Å². The zero-order chi connectivity index (χ0) is 26.5. The van der Waals surface area contributed by atoms with Gasteiger partial charge in [0.05, 0.1) is 46.6 Å². The minimum absolute atomic E-state index is 0.152. The molecule has 11 nitrogen and oxygen atoms in total. The van der Waals surface area contributed by atoms with E-state index in [4.69, 9.17) is 22.2 Å². The van der Waals surface area contributed by atoms with Gasteiger partial charge in [0, 0.05) is 42.5 Å². The number of aliphatic imine (C=N–C) groups is 1. The van der Waals surface area contributed by atoms with Gasteiger partial charge in [0.25, 0.3) is 0 Å². The Morgan fingerprint density at radius 2 is 1.62 bits per heavy atom. The molecular formula is C25H25N5O6S. The normalized spacial score (nSPS) is 17.5. The molecule has 37 heavy (non-hydrogen) atoms. The first-order valence-corrected chi connectivity index (χ1v) is 12.1. The molecule has 3 aromatic rings. The molecule has 1 atom stereocenters. The summed E-state index contributed by atoms with van der Waals surface area (Å²) in [7, 11) is 0. The Hall–Kier alpha value is -3.83. The lowest BCUT2D eigenvalue weighted by molar-refractivity contribution is -0.142. The number of thiocarbonyl (C=S) groups is 1. The Morgan fingerprint density at radius 1 is 0.946 bits per heavy atom. The highest BCUT2D eigenvalue weighted by molar-refractivity contribution is 7.78. The molecule has 0 saturated carbocycles. The number of aliphatic carboxylic acids is 3. The van der Waals surface area contributed by atoms with Gasteiger partial charge in [-0.2, -0.15) is 4.99 Å². The van der Waals surface area contributed by atoms with Crippen LogP contribution in [0.1, 0.15) is 17.8 Å². The van der Waals surface area contributed by atoms with Crippen molar-refractivity contribution < 1.29 is 29.7 Å². The maximum atomic E-state index is 12.1. The van der Waals surface area contributed by atoms with Crippen molar-refractivity contribution in [2.45, 2.75) is 19.4 Å². The second-order valence-corrected chi connectivity index (χ2v) is 9.16. The van der Waals surface area contributed by atoms with Crippen molar-refractivity contribution in [1.29, 1.82) is 0 Å². The molecule has 192 valence electrons. The lowest BCUT2D eigenvalue weighted by atomic mass is 9.98. The number of carbonyl (C=O) groups is 3.